The van der Waals surface area contributed by atoms with Crippen LogP contribution in [0.2, 0.25) is 5.02 Å². The third-order valence-corrected chi connectivity index (χ3v) is 4.38. The lowest BCUT2D eigenvalue weighted by Gasteiger charge is -2.15. The molecule has 142 valence electrons. The summed E-state index contributed by atoms with van der Waals surface area (Å²) in [6.07, 6.45) is 0.582. The maximum Gasteiger partial charge on any atom is 0.375 e. The molecule has 27 heavy (non-hydrogen) atoms. The van der Waals surface area contributed by atoms with Crippen LogP contribution in [0.1, 0.15) is 42.9 Å². The normalized spacial score (nSPS) is 12.4. The van der Waals surface area contributed by atoms with Crippen molar-refractivity contribution in [3.05, 3.63) is 46.8 Å². The minimum absolute atomic E-state index is 0.0548. The predicted octanol–water partition coefficient (Wildman–Crippen LogP) is 4.36. The van der Waals surface area contributed by atoms with Gasteiger partial charge in [0, 0.05) is 28.1 Å². The summed E-state index contributed by atoms with van der Waals surface area (Å²) in [4.78, 5) is 24.8. The van der Waals surface area contributed by atoms with E-state index < -0.39 is 18.0 Å². The quantitative estimate of drug-likeness (QED) is 0.655. The summed E-state index contributed by atoms with van der Waals surface area (Å²) in [6, 6.07) is 6.84. The number of carbonyl (C=O) groups excluding carboxylic acids is 2. The lowest BCUT2D eigenvalue weighted by Crippen LogP contribution is -2.31. The lowest BCUT2D eigenvalue weighted by molar-refractivity contribution is -0.123. The summed E-state index contributed by atoms with van der Waals surface area (Å²) >= 11 is 5.99. The van der Waals surface area contributed by atoms with Crippen LogP contribution >= 0.6 is 11.6 Å². The van der Waals surface area contributed by atoms with Gasteiger partial charge < -0.3 is 14.5 Å². The van der Waals surface area contributed by atoms with Gasteiger partial charge in [-0.15, -0.1) is 0 Å². The highest BCUT2D eigenvalue weighted by atomic mass is 35.5. The summed E-state index contributed by atoms with van der Waals surface area (Å²) in [5, 5.41) is 8.13. The van der Waals surface area contributed by atoms with Gasteiger partial charge in [-0.2, -0.15) is 5.10 Å². The number of esters is 1. The number of hydrogen-bond donors (Lipinski definition) is 1. The van der Waals surface area contributed by atoms with Crippen molar-refractivity contribution in [2.45, 2.75) is 39.8 Å². The lowest BCUT2D eigenvalue weighted by atomic mass is 10.1. The number of anilines is 1. The molecule has 0 aliphatic heterocycles. The van der Waals surface area contributed by atoms with Crippen LogP contribution in [-0.2, 0) is 9.53 Å². The van der Waals surface area contributed by atoms with Crippen LogP contribution in [0.3, 0.4) is 0 Å². The van der Waals surface area contributed by atoms with E-state index >= 15 is 0 Å². The van der Waals surface area contributed by atoms with Gasteiger partial charge in [-0.3, -0.25) is 4.79 Å². The largest absolute Gasteiger partial charge is 0.449 e. The summed E-state index contributed by atoms with van der Waals surface area (Å²) in [5.74, 6) is -0.575. The highest BCUT2D eigenvalue weighted by Crippen LogP contribution is 2.28. The number of furan rings is 1. The Kier molecular flexibility index (Phi) is 5.23. The Morgan fingerprint density at radius 1 is 1.26 bits per heavy atom. The molecule has 0 spiro atoms. The highest BCUT2D eigenvalue weighted by molar-refractivity contribution is 6.31. The first kappa shape index (κ1) is 19.0. The first-order valence-electron chi connectivity index (χ1n) is 8.52. The molecule has 0 radical (unpaired) electrons. The Morgan fingerprint density at radius 2 is 2.00 bits per heavy atom. The summed E-state index contributed by atoms with van der Waals surface area (Å²) in [7, 11) is 0. The van der Waals surface area contributed by atoms with Crippen molar-refractivity contribution in [2.24, 2.45) is 0 Å². The number of nitrogens with one attached hydrogen (secondary N) is 1. The van der Waals surface area contributed by atoms with E-state index in [2.05, 4.69) is 10.4 Å². The highest BCUT2D eigenvalue weighted by Gasteiger charge is 2.25. The molecule has 0 saturated carbocycles. The van der Waals surface area contributed by atoms with E-state index in [1.807, 2.05) is 13.8 Å². The Bertz CT molecular complexity index is 1010. The van der Waals surface area contributed by atoms with Gasteiger partial charge in [0.05, 0.1) is 6.20 Å². The van der Waals surface area contributed by atoms with E-state index in [0.717, 1.165) is 5.39 Å². The smallest absolute Gasteiger partial charge is 0.375 e. The average molecular weight is 390 g/mol. The van der Waals surface area contributed by atoms with Gasteiger partial charge in [0.25, 0.3) is 5.91 Å². The molecule has 0 aliphatic carbocycles. The van der Waals surface area contributed by atoms with Gasteiger partial charge >= 0.3 is 5.97 Å². The zero-order valence-corrected chi connectivity index (χ0v) is 16.2. The van der Waals surface area contributed by atoms with Crippen molar-refractivity contribution >= 4 is 40.3 Å². The average Bonchev–Trinajstić information content (AvgIpc) is 3.20. The molecule has 1 aromatic carbocycles. The second-order valence-corrected chi connectivity index (χ2v) is 6.92. The summed E-state index contributed by atoms with van der Waals surface area (Å²) < 4.78 is 12.5. The van der Waals surface area contributed by atoms with Gasteiger partial charge in [-0.25, -0.2) is 9.48 Å². The minimum atomic E-state index is -1.01. The minimum Gasteiger partial charge on any atom is -0.449 e. The number of aromatic nitrogens is 2. The van der Waals surface area contributed by atoms with E-state index in [1.165, 1.54) is 6.92 Å². The fraction of sp³-hybridized carbons (Fsp3) is 0.316. The number of aryl methyl sites for hydroxylation is 1. The number of ether oxygens (including phenoxy) is 1. The fourth-order valence-corrected chi connectivity index (χ4v) is 2.88. The standard InChI is InChI=1S/C19H20ClN3O4/c1-10(2)23-16(7-8-21-23)22-18(24)12(4)26-19(25)17-11(3)14-9-13(20)5-6-15(14)27-17/h5-10,12H,1-4H3,(H,22,24)/t12-/m1/s1. The maximum absolute atomic E-state index is 12.5. The topological polar surface area (TPSA) is 86.4 Å². The monoisotopic (exact) mass is 389 g/mol. The first-order chi connectivity index (χ1) is 12.8. The molecule has 0 fully saturated rings. The van der Waals surface area contributed by atoms with Gasteiger partial charge in [-0.1, -0.05) is 11.6 Å². The van der Waals surface area contributed by atoms with Crippen molar-refractivity contribution in [3.63, 3.8) is 0 Å². The molecular formula is C19H20ClN3O4. The van der Waals surface area contributed by atoms with Crippen molar-refractivity contribution < 1.29 is 18.7 Å². The van der Waals surface area contributed by atoms with Crippen LogP contribution in [0.15, 0.2) is 34.9 Å². The summed E-state index contributed by atoms with van der Waals surface area (Å²) in [6.45, 7) is 7.13. The van der Waals surface area contributed by atoms with Crippen LogP contribution in [-0.4, -0.2) is 27.8 Å². The molecule has 0 aliphatic rings. The molecule has 1 amide bonds. The third-order valence-electron chi connectivity index (χ3n) is 4.15. The first-order valence-corrected chi connectivity index (χ1v) is 8.89. The Hall–Kier alpha value is -2.80. The summed E-state index contributed by atoms with van der Waals surface area (Å²) in [5.41, 5.74) is 1.14. The molecular weight excluding hydrogens is 370 g/mol. The number of fused-ring (bicyclic) bond motifs is 1. The van der Waals surface area contributed by atoms with Crippen LogP contribution in [0, 0.1) is 6.92 Å². The van der Waals surface area contributed by atoms with Crippen LogP contribution in [0.25, 0.3) is 11.0 Å². The van der Waals surface area contributed by atoms with Gasteiger partial charge in [0.2, 0.25) is 5.76 Å². The van der Waals surface area contributed by atoms with Crippen molar-refractivity contribution in [1.29, 1.82) is 0 Å². The zero-order valence-electron chi connectivity index (χ0n) is 15.4. The fourth-order valence-electron chi connectivity index (χ4n) is 2.71. The molecule has 0 bridgehead atoms. The second kappa shape index (κ2) is 7.44. The maximum atomic E-state index is 12.5. The molecule has 0 unspecified atom stereocenters. The number of hydrogen-bond acceptors (Lipinski definition) is 5. The Labute approximate surface area is 161 Å². The number of carbonyl (C=O) groups is 2. The molecule has 2 heterocycles. The van der Waals surface area contributed by atoms with Crippen molar-refractivity contribution in [2.75, 3.05) is 5.32 Å². The van der Waals surface area contributed by atoms with E-state index in [4.69, 9.17) is 20.8 Å². The van der Waals surface area contributed by atoms with Crippen LogP contribution in [0.5, 0.6) is 0 Å². The van der Waals surface area contributed by atoms with Crippen molar-refractivity contribution in [3.8, 4) is 0 Å². The molecule has 3 rings (SSSR count). The van der Waals surface area contributed by atoms with Crippen molar-refractivity contribution in [1.82, 2.24) is 9.78 Å². The Morgan fingerprint density at radius 3 is 2.70 bits per heavy atom. The van der Waals surface area contributed by atoms with E-state index in [0.29, 0.717) is 22.0 Å². The third kappa shape index (κ3) is 3.83. The van der Waals surface area contributed by atoms with E-state index in [-0.39, 0.29) is 11.8 Å². The SMILES string of the molecule is Cc1c(C(=O)O[C@H](C)C(=O)Nc2ccnn2C(C)C)oc2ccc(Cl)cc12. The number of nitrogens with zero attached hydrogens (tertiary/aromatic N) is 2. The van der Waals surface area contributed by atoms with Crippen LogP contribution < -0.4 is 5.32 Å². The van der Waals surface area contributed by atoms with Gasteiger partial charge in [0.15, 0.2) is 6.10 Å². The molecule has 3 aromatic rings. The Balaban J connectivity index is 1.73. The molecule has 7 nitrogen and oxygen atoms in total. The number of benzene rings is 1. The molecule has 1 atom stereocenters. The number of halogens is 1. The van der Waals surface area contributed by atoms with Gasteiger partial charge in [0.1, 0.15) is 11.4 Å². The van der Waals surface area contributed by atoms with E-state index in [1.54, 1.807) is 42.1 Å². The molecule has 0 saturated heterocycles. The number of amides is 1. The molecule has 8 heteroatoms. The second-order valence-electron chi connectivity index (χ2n) is 6.49. The van der Waals surface area contributed by atoms with Crippen LogP contribution in [0.4, 0.5) is 5.82 Å². The van der Waals surface area contributed by atoms with E-state index in [9.17, 15) is 9.59 Å². The van der Waals surface area contributed by atoms with Gasteiger partial charge in [-0.05, 0) is 45.9 Å². The molecule has 2 aromatic heterocycles. The number of rotatable bonds is 5. The zero-order chi connectivity index (χ0) is 19.7. The molecule has 1 N–H and O–H groups in total. The predicted molar refractivity (Wildman–Crippen MR) is 102 cm³/mol.